The van der Waals surface area contributed by atoms with Gasteiger partial charge < -0.3 is 10.5 Å². The summed E-state index contributed by atoms with van der Waals surface area (Å²) in [6.07, 6.45) is 0. The van der Waals surface area contributed by atoms with Gasteiger partial charge in [-0.1, -0.05) is 27.5 Å². The molecule has 0 spiro atoms. The van der Waals surface area contributed by atoms with Crippen LogP contribution < -0.4 is 10.5 Å². The molecule has 0 radical (unpaired) electrons. The van der Waals surface area contributed by atoms with Crippen molar-refractivity contribution < 1.29 is 13.2 Å². The standard InChI is InChI=1S/C14H13BrClNO3S/c1-20-10-2-4-12(15)9(6-10)8-21(18,19)11-3-5-14(17)13(16)7-11/h2-7H,8,17H2,1H3. The summed E-state index contributed by atoms with van der Waals surface area (Å²) in [4.78, 5) is 0.136. The molecule has 0 saturated carbocycles. The minimum absolute atomic E-state index is 0.136. The second-order valence-electron chi connectivity index (χ2n) is 4.40. The van der Waals surface area contributed by atoms with Crippen LogP contribution in [0.2, 0.25) is 5.02 Å². The van der Waals surface area contributed by atoms with Crippen molar-refractivity contribution in [3.05, 3.63) is 51.5 Å². The van der Waals surface area contributed by atoms with Crippen molar-refractivity contribution in [1.82, 2.24) is 0 Å². The molecule has 0 fully saturated rings. The molecule has 2 rings (SSSR count). The van der Waals surface area contributed by atoms with E-state index in [1.807, 2.05) is 0 Å². The molecular formula is C14H13BrClNO3S. The van der Waals surface area contributed by atoms with E-state index in [0.717, 1.165) is 0 Å². The van der Waals surface area contributed by atoms with Crippen LogP contribution in [0.4, 0.5) is 5.69 Å². The van der Waals surface area contributed by atoms with Gasteiger partial charge in [0.15, 0.2) is 9.84 Å². The Hall–Kier alpha value is -1.24. The number of nitrogen functional groups attached to an aromatic ring is 1. The Morgan fingerprint density at radius 1 is 1.24 bits per heavy atom. The topological polar surface area (TPSA) is 69.4 Å². The molecule has 2 N–H and O–H groups in total. The summed E-state index contributed by atoms with van der Waals surface area (Å²) in [5.41, 5.74) is 6.55. The molecule has 0 aliphatic rings. The molecule has 0 saturated heterocycles. The first-order valence-corrected chi connectivity index (χ1v) is 8.76. The molecule has 0 heterocycles. The summed E-state index contributed by atoms with van der Waals surface area (Å²) in [6, 6.07) is 9.47. The maximum absolute atomic E-state index is 12.5. The van der Waals surface area contributed by atoms with Crippen LogP contribution in [0.1, 0.15) is 5.56 Å². The zero-order chi connectivity index (χ0) is 15.6. The molecule has 0 unspecified atom stereocenters. The van der Waals surface area contributed by atoms with Crippen LogP contribution in [0.15, 0.2) is 45.8 Å². The highest BCUT2D eigenvalue weighted by molar-refractivity contribution is 9.10. The van der Waals surface area contributed by atoms with E-state index in [-0.39, 0.29) is 15.7 Å². The third kappa shape index (κ3) is 3.70. The van der Waals surface area contributed by atoms with Crippen molar-refractivity contribution >= 4 is 43.1 Å². The van der Waals surface area contributed by atoms with Crippen LogP contribution in [-0.4, -0.2) is 15.5 Å². The summed E-state index contributed by atoms with van der Waals surface area (Å²) in [5, 5.41) is 0.223. The summed E-state index contributed by atoms with van der Waals surface area (Å²) < 4.78 is 30.7. The quantitative estimate of drug-likeness (QED) is 0.809. The number of benzene rings is 2. The fraction of sp³-hybridized carbons (Fsp3) is 0.143. The lowest BCUT2D eigenvalue weighted by molar-refractivity contribution is 0.414. The average Bonchev–Trinajstić information content (AvgIpc) is 2.44. The zero-order valence-corrected chi connectivity index (χ0v) is 14.3. The van der Waals surface area contributed by atoms with E-state index in [9.17, 15) is 8.42 Å². The number of sulfone groups is 1. The first-order valence-electron chi connectivity index (χ1n) is 5.93. The summed E-state index contributed by atoms with van der Waals surface area (Å²) in [5.74, 6) is 0.434. The van der Waals surface area contributed by atoms with Gasteiger partial charge in [-0.2, -0.15) is 0 Å². The maximum atomic E-state index is 12.5. The Kier molecular flexibility index (Phi) is 4.81. The molecule has 0 aromatic heterocycles. The maximum Gasteiger partial charge on any atom is 0.182 e. The minimum atomic E-state index is -3.53. The van der Waals surface area contributed by atoms with Gasteiger partial charge in [0.25, 0.3) is 0 Å². The van der Waals surface area contributed by atoms with E-state index in [1.165, 1.54) is 25.3 Å². The summed E-state index contributed by atoms with van der Waals surface area (Å²) in [6.45, 7) is 0. The van der Waals surface area contributed by atoms with Crippen molar-refractivity contribution in [3.8, 4) is 5.75 Å². The molecule has 0 amide bonds. The van der Waals surface area contributed by atoms with Gasteiger partial charge in [0.05, 0.1) is 28.5 Å². The van der Waals surface area contributed by atoms with Crippen molar-refractivity contribution in [1.29, 1.82) is 0 Å². The van der Waals surface area contributed by atoms with Gasteiger partial charge in [-0.05, 0) is 42.0 Å². The predicted molar refractivity (Wildman–Crippen MR) is 87.4 cm³/mol. The molecule has 21 heavy (non-hydrogen) atoms. The van der Waals surface area contributed by atoms with Crippen LogP contribution in [0.25, 0.3) is 0 Å². The smallest absolute Gasteiger partial charge is 0.182 e. The average molecular weight is 391 g/mol. The zero-order valence-electron chi connectivity index (χ0n) is 11.1. The van der Waals surface area contributed by atoms with Gasteiger partial charge in [-0.15, -0.1) is 0 Å². The second kappa shape index (κ2) is 6.25. The number of hydrogen-bond donors (Lipinski definition) is 1. The fourth-order valence-corrected chi connectivity index (χ4v) is 3.98. The molecule has 0 aliphatic carbocycles. The number of anilines is 1. The number of nitrogens with two attached hydrogens (primary N) is 1. The molecule has 2 aromatic carbocycles. The Balaban J connectivity index is 2.39. The number of methoxy groups -OCH3 is 1. The highest BCUT2D eigenvalue weighted by atomic mass is 79.9. The Bertz CT molecular complexity index is 778. The number of halogens is 2. The van der Waals surface area contributed by atoms with E-state index in [2.05, 4.69) is 15.9 Å². The Morgan fingerprint density at radius 2 is 1.95 bits per heavy atom. The van der Waals surface area contributed by atoms with Gasteiger partial charge in [-0.25, -0.2) is 8.42 Å². The van der Waals surface area contributed by atoms with E-state index < -0.39 is 9.84 Å². The molecule has 2 aromatic rings. The normalized spacial score (nSPS) is 11.4. The van der Waals surface area contributed by atoms with Gasteiger partial charge >= 0.3 is 0 Å². The first-order chi connectivity index (χ1) is 9.83. The number of rotatable bonds is 4. The molecule has 0 aliphatic heterocycles. The van der Waals surface area contributed by atoms with Crippen LogP contribution in [0, 0.1) is 0 Å². The lowest BCUT2D eigenvalue weighted by Gasteiger charge is -2.09. The predicted octanol–water partition coefficient (Wildman–Crippen LogP) is 3.67. The molecule has 7 heteroatoms. The van der Waals surface area contributed by atoms with E-state index in [4.69, 9.17) is 22.1 Å². The SMILES string of the molecule is COc1ccc(Br)c(CS(=O)(=O)c2ccc(N)c(Cl)c2)c1. The largest absolute Gasteiger partial charge is 0.497 e. The van der Waals surface area contributed by atoms with Crippen LogP contribution in [-0.2, 0) is 15.6 Å². The van der Waals surface area contributed by atoms with Gasteiger partial charge in [0.1, 0.15) is 5.75 Å². The highest BCUT2D eigenvalue weighted by Crippen LogP contribution is 2.28. The first kappa shape index (κ1) is 16.1. The van der Waals surface area contributed by atoms with E-state index in [1.54, 1.807) is 18.2 Å². The fourth-order valence-electron chi connectivity index (χ4n) is 1.78. The second-order valence-corrected chi connectivity index (χ2v) is 7.65. The van der Waals surface area contributed by atoms with Crippen LogP contribution in [0.3, 0.4) is 0 Å². The molecule has 112 valence electrons. The third-order valence-electron chi connectivity index (χ3n) is 2.93. The summed E-state index contributed by atoms with van der Waals surface area (Å²) >= 11 is 9.23. The van der Waals surface area contributed by atoms with E-state index >= 15 is 0 Å². The van der Waals surface area contributed by atoms with Crippen molar-refractivity contribution in [2.75, 3.05) is 12.8 Å². The molecule has 0 bridgehead atoms. The molecular weight excluding hydrogens is 378 g/mol. The lowest BCUT2D eigenvalue weighted by atomic mass is 10.2. The lowest BCUT2D eigenvalue weighted by Crippen LogP contribution is -2.06. The van der Waals surface area contributed by atoms with Crippen molar-refractivity contribution in [2.24, 2.45) is 0 Å². The van der Waals surface area contributed by atoms with Gasteiger partial charge in [-0.3, -0.25) is 0 Å². The Morgan fingerprint density at radius 3 is 2.57 bits per heavy atom. The molecule has 0 atom stereocenters. The van der Waals surface area contributed by atoms with Crippen LogP contribution in [0.5, 0.6) is 5.75 Å². The van der Waals surface area contributed by atoms with Crippen LogP contribution >= 0.6 is 27.5 Å². The summed E-state index contributed by atoms with van der Waals surface area (Å²) in [7, 11) is -2.00. The Labute approximate surface area is 136 Å². The van der Waals surface area contributed by atoms with Crippen molar-refractivity contribution in [3.63, 3.8) is 0 Å². The number of hydrogen-bond acceptors (Lipinski definition) is 4. The van der Waals surface area contributed by atoms with Crippen molar-refractivity contribution in [2.45, 2.75) is 10.6 Å². The van der Waals surface area contributed by atoms with Gasteiger partial charge in [0, 0.05) is 4.47 Å². The van der Waals surface area contributed by atoms with Gasteiger partial charge in [0.2, 0.25) is 0 Å². The third-order valence-corrected chi connectivity index (χ3v) is 5.69. The highest BCUT2D eigenvalue weighted by Gasteiger charge is 2.18. The van der Waals surface area contributed by atoms with E-state index in [0.29, 0.717) is 21.5 Å². The minimum Gasteiger partial charge on any atom is -0.497 e. The molecule has 4 nitrogen and oxygen atoms in total. The monoisotopic (exact) mass is 389 g/mol. The number of ether oxygens (including phenoxy) is 1.